The van der Waals surface area contributed by atoms with Crippen LogP contribution in [0, 0.1) is 5.92 Å². The zero-order valence-electron chi connectivity index (χ0n) is 12.1. The number of carbonyl (C=O) groups is 2. The maximum absolute atomic E-state index is 11.8. The van der Waals surface area contributed by atoms with Crippen LogP contribution in [0.2, 0.25) is 0 Å². The van der Waals surface area contributed by atoms with E-state index in [1.807, 2.05) is 11.8 Å². The number of carboxylic acids is 1. The monoisotopic (exact) mass is 271 g/mol. The number of nitrogens with one attached hydrogen (secondary N) is 1. The Morgan fingerprint density at radius 1 is 1.05 bits per heavy atom. The van der Waals surface area contributed by atoms with Gasteiger partial charge in [0.1, 0.15) is 0 Å². The van der Waals surface area contributed by atoms with Crippen molar-refractivity contribution in [1.29, 1.82) is 0 Å². The molecule has 1 aliphatic rings. The molecule has 1 saturated heterocycles. The summed E-state index contributed by atoms with van der Waals surface area (Å²) < 4.78 is 0. The second kappa shape index (κ2) is 7.45. The quantitative estimate of drug-likeness (QED) is 0.703. The van der Waals surface area contributed by atoms with Crippen molar-refractivity contribution < 1.29 is 14.7 Å². The number of nitrogens with zero attached hydrogens (tertiary/aromatic N) is 2. The predicted molar refractivity (Wildman–Crippen MR) is 73.0 cm³/mol. The summed E-state index contributed by atoms with van der Waals surface area (Å²) in [5.74, 6) is -0.318. The average molecular weight is 271 g/mol. The molecule has 0 aliphatic carbocycles. The molecule has 1 heterocycles. The van der Waals surface area contributed by atoms with Gasteiger partial charge in [0.2, 0.25) is 5.91 Å². The van der Waals surface area contributed by atoms with Gasteiger partial charge in [-0.05, 0) is 12.8 Å². The van der Waals surface area contributed by atoms with Crippen LogP contribution in [0.5, 0.6) is 0 Å². The molecule has 1 aliphatic heterocycles. The van der Waals surface area contributed by atoms with E-state index in [-0.39, 0.29) is 18.5 Å². The van der Waals surface area contributed by atoms with Crippen molar-refractivity contribution in [1.82, 2.24) is 15.1 Å². The summed E-state index contributed by atoms with van der Waals surface area (Å²) in [7, 11) is 0. The third-order valence-electron chi connectivity index (χ3n) is 3.58. The summed E-state index contributed by atoms with van der Waals surface area (Å²) in [4.78, 5) is 26.4. The molecule has 19 heavy (non-hydrogen) atoms. The first-order valence-electron chi connectivity index (χ1n) is 6.84. The van der Waals surface area contributed by atoms with E-state index >= 15 is 0 Å². The van der Waals surface area contributed by atoms with E-state index in [1.54, 1.807) is 0 Å². The first-order valence-corrected chi connectivity index (χ1v) is 6.84. The zero-order valence-corrected chi connectivity index (χ0v) is 12.1. The molecular weight excluding hydrogens is 246 g/mol. The van der Waals surface area contributed by atoms with Crippen molar-refractivity contribution in [2.75, 3.05) is 39.3 Å². The van der Waals surface area contributed by atoms with Gasteiger partial charge < -0.3 is 10.4 Å². The highest BCUT2D eigenvalue weighted by molar-refractivity contribution is 5.78. The smallest absolute Gasteiger partial charge is 0.317 e. The van der Waals surface area contributed by atoms with Crippen LogP contribution in [0.4, 0.5) is 0 Å². The molecular formula is C13H25N3O3. The molecule has 1 rings (SSSR count). The van der Waals surface area contributed by atoms with Crippen molar-refractivity contribution in [3.63, 3.8) is 0 Å². The molecule has 6 nitrogen and oxygen atoms in total. The molecule has 0 saturated carbocycles. The summed E-state index contributed by atoms with van der Waals surface area (Å²) in [6, 6.07) is 0.181. The number of hydrogen-bond acceptors (Lipinski definition) is 4. The van der Waals surface area contributed by atoms with Crippen LogP contribution < -0.4 is 5.32 Å². The van der Waals surface area contributed by atoms with E-state index < -0.39 is 5.97 Å². The molecule has 1 unspecified atom stereocenters. The number of carboxylic acid groups (broad SMARTS) is 1. The average Bonchev–Trinajstić information content (AvgIpc) is 2.30. The molecule has 0 spiro atoms. The van der Waals surface area contributed by atoms with Gasteiger partial charge in [0.05, 0.1) is 13.1 Å². The van der Waals surface area contributed by atoms with Gasteiger partial charge in [0.25, 0.3) is 0 Å². The number of carbonyl (C=O) groups excluding carboxylic acids is 1. The topological polar surface area (TPSA) is 72.9 Å². The second-order valence-corrected chi connectivity index (χ2v) is 5.55. The van der Waals surface area contributed by atoms with Crippen molar-refractivity contribution in [2.24, 2.45) is 5.92 Å². The lowest BCUT2D eigenvalue weighted by Crippen LogP contribution is -2.51. The van der Waals surface area contributed by atoms with Gasteiger partial charge >= 0.3 is 5.97 Å². The van der Waals surface area contributed by atoms with Crippen molar-refractivity contribution in [2.45, 2.75) is 26.8 Å². The van der Waals surface area contributed by atoms with Crippen LogP contribution in [0.3, 0.4) is 0 Å². The van der Waals surface area contributed by atoms with Gasteiger partial charge in [0, 0.05) is 32.2 Å². The molecule has 0 aromatic heterocycles. The van der Waals surface area contributed by atoms with Crippen LogP contribution in [-0.2, 0) is 9.59 Å². The van der Waals surface area contributed by atoms with E-state index in [0.717, 1.165) is 13.1 Å². The lowest BCUT2D eigenvalue weighted by Gasteiger charge is -2.33. The molecule has 0 aromatic carbocycles. The minimum absolute atomic E-state index is 0.0490. The third-order valence-corrected chi connectivity index (χ3v) is 3.58. The van der Waals surface area contributed by atoms with E-state index in [0.29, 0.717) is 25.6 Å². The SMILES string of the molecule is CC(C)C(C)NC(=O)CN1CCN(CC(=O)O)CC1. The Bertz CT molecular complexity index is 312. The largest absolute Gasteiger partial charge is 0.480 e. The predicted octanol–water partition coefficient (Wildman–Crippen LogP) is -0.151. The van der Waals surface area contributed by atoms with E-state index in [2.05, 4.69) is 24.1 Å². The summed E-state index contributed by atoms with van der Waals surface area (Å²) >= 11 is 0. The maximum Gasteiger partial charge on any atom is 0.317 e. The van der Waals surface area contributed by atoms with Crippen molar-refractivity contribution in [3.05, 3.63) is 0 Å². The zero-order chi connectivity index (χ0) is 14.4. The first-order chi connectivity index (χ1) is 8.88. The van der Waals surface area contributed by atoms with Crippen LogP contribution in [-0.4, -0.2) is 72.1 Å². The minimum Gasteiger partial charge on any atom is -0.480 e. The van der Waals surface area contributed by atoms with Gasteiger partial charge in [-0.2, -0.15) is 0 Å². The summed E-state index contributed by atoms with van der Waals surface area (Å²) in [6.07, 6.45) is 0. The Kier molecular flexibility index (Phi) is 6.24. The minimum atomic E-state index is -0.794. The van der Waals surface area contributed by atoms with Gasteiger partial charge in [0.15, 0.2) is 0 Å². The van der Waals surface area contributed by atoms with Gasteiger partial charge in [-0.15, -0.1) is 0 Å². The number of rotatable bonds is 6. The molecule has 1 fully saturated rings. The molecule has 0 radical (unpaired) electrons. The molecule has 2 N–H and O–H groups in total. The highest BCUT2D eigenvalue weighted by atomic mass is 16.4. The number of hydrogen-bond donors (Lipinski definition) is 2. The normalized spacial score (nSPS) is 19.4. The number of aliphatic carboxylic acids is 1. The van der Waals surface area contributed by atoms with Crippen LogP contribution >= 0.6 is 0 Å². The Labute approximate surface area is 114 Å². The highest BCUT2D eigenvalue weighted by Crippen LogP contribution is 2.03. The summed E-state index contributed by atoms with van der Waals surface area (Å²) in [6.45, 7) is 9.56. The molecule has 1 amide bonds. The molecule has 0 aromatic rings. The lowest BCUT2D eigenvalue weighted by atomic mass is 10.1. The Morgan fingerprint density at radius 3 is 1.95 bits per heavy atom. The Balaban J connectivity index is 2.25. The van der Waals surface area contributed by atoms with E-state index in [1.165, 1.54) is 0 Å². The third kappa shape index (κ3) is 6.02. The standard InChI is InChI=1S/C13H25N3O3/c1-10(2)11(3)14-12(17)8-15-4-6-16(7-5-15)9-13(18)19/h10-11H,4-9H2,1-3H3,(H,14,17)(H,18,19). The van der Waals surface area contributed by atoms with Crippen LogP contribution in [0.1, 0.15) is 20.8 Å². The fraction of sp³-hybridized carbons (Fsp3) is 0.846. The van der Waals surface area contributed by atoms with Crippen LogP contribution in [0.15, 0.2) is 0 Å². The van der Waals surface area contributed by atoms with Crippen molar-refractivity contribution in [3.8, 4) is 0 Å². The van der Waals surface area contributed by atoms with E-state index in [9.17, 15) is 9.59 Å². The van der Waals surface area contributed by atoms with E-state index in [4.69, 9.17) is 5.11 Å². The maximum atomic E-state index is 11.8. The molecule has 1 atom stereocenters. The van der Waals surface area contributed by atoms with Gasteiger partial charge in [-0.1, -0.05) is 13.8 Å². The van der Waals surface area contributed by atoms with Gasteiger partial charge in [-0.25, -0.2) is 0 Å². The molecule has 0 bridgehead atoms. The molecule has 110 valence electrons. The lowest BCUT2D eigenvalue weighted by molar-refractivity contribution is -0.139. The highest BCUT2D eigenvalue weighted by Gasteiger charge is 2.21. The molecule has 6 heteroatoms. The number of piperazine rings is 1. The first kappa shape index (κ1) is 15.9. The number of amides is 1. The Morgan fingerprint density at radius 2 is 1.53 bits per heavy atom. The second-order valence-electron chi connectivity index (χ2n) is 5.55. The Hall–Kier alpha value is -1.14. The summed E-state index contributed by atoms with van der Waals surface area (Å²) in [5, 5.41) is 11.7. The van der Waals surface area contributed by atoms with Gasteiger partial charge in [-0.3, -0.25) is 19.4 Å². The fourth-order valence-electron chi connectivity index (χ4n) is 1.97. The summed E-state index contributed by atoms with van der Waals surface area (Å²) in [5.41, 5.74) is 0. The van der Waals surface area contributed by atoms with Crippen LogP contribution in [0.25, 0.3) is 0 Å². The fourth-order valence-corrected chi connectivity index (χ4v) is 1.97. The van der Waals surface area contributed by atoms with Crippen molar-refractivity contribution >= 4 is 11.9 Å².